The monoisotopic (exact) mass is 431 g/mol. The first kappa shape index (κ1) is 21.1. The lowest BCUT2D eigenvalue weighted by Gasteiger charge is -2.16. The van der Waals surface area contributed by atoms with Crippen LogP contribution in [0.4, 0.5) is 11.4 Å². The van der Waals surface area contributed by atoms with E-state index in [2.05, 4.69) is 20.3 Å². The predicted octanol–water partition coefficient (Wildman–Crippen LogP) is 4.47. The number of aromatic nitrogens is 3. The predicted molar refractivity (Wildman–Crippen MR) is 120 cm³/mol. The van der Waals surface area contributed by atoms with E-state index in [0.29, 0.717) is 22.4 Å². The first-order valence-electron chi connectivity index (χ1n) is 10.0. The molecule has 2 aromatic carbocycles. The third-order valence-electron chi connectivity index (χ3n) is 5.13. The Morgan fingerprint density at radius 1 is 1.19 bits per heavy atom. The highest BCUT2D eigenvalue weighted by Crippen LogP contribution is 2.31. The highest BCUT2D eigenvalue weighted by molar-refractivity contribution is 6.12. The van der Waals surface area contributed by atoms with Crippen molar-refractivity contribution in [1.82, 2.24) is 15.0 Å². The lowest BCUT2D eigenvalue weighted by Crippen LogP contribution is -2.15. The molecule has 9 nitrogen and oxygen atoms in total. The van der Waals surface area contributed by atoms with Crippen molar-refractivity contribution in [3.05, 3.63) is 82.2 Å². The summed E-state index contributed by atoms with van der Waals surface area (Å²) in [7, 11) is 0. The molecule has 0 aliphatic heterocycles. The van der Waals surface area contributed by atoms with E-state index in [1.165, 1.54) is 18.2 Å². The number of nitro groups is 1. The van der Waals surface area contributed by atoms with Gasteiger partial charge in [0, 0.05) is 24.0 Å². The normalized spacial score (nSPS) is 12.1. The van der Waals surface area contributed by atoms with Gasteiger partial charge in [-0.2, -0.15) is 0 Å². The van der Waals surface area contributed by atoms with Crippen LogP contribution in [0, 0.1) is 16.0 Å². The van der Waals surface area contributed by atoms with Crippen molar-refractivity contribution in [1.29, 1.82) is 0 Å². The van der Waals surface area contributed by atoms with Crippen LogP contribution in [0.15, 0.2) is 60.9 Å². The Balaban J connectivity index is 1.72. The number of para-hydroxylation sites is 1. The van der Waals surface area contributed by atoms with E-state index in [9.17, 15) is 20.0 Å². The van der Waals surface area contributed by atoms with Crippen LogP contribution in [-0.4, -0.2) is 30.9 Å². The molecule has 3 N–H and O–H groups in total. The van der Waals surface area contributed by atoms with Gasteiger partial charge in [-0.3, -0.25) is 19.9 Å². The summed E-state index contributed by atoms with van der Waals surface area (Å²) in [6.07, 6.45) is 2.50. The van der Waals surface area contributed by atoms with E-state index in [1.54, 1.807) is 36.7 Å². The second-order valence-corrected chi connectivity index (χ2v) is 7.71. The molecular formula is C23H21N5O4. The molecular weight excluding hydrogens is 410 g/mol. The summed E-state index contributed by atoms with van der Waals surface area (Å²) in [6, 6.07) is 12.9. The number of aliphatic hydroxyl groups is 1. The molecule has 0 aliphatic rings. The smallest absolute Gasteiger partial charge is 0.292 e. The van der Waals surface area contributed by atoms with Crippen molar-refractivity contribution in [3.8, 4) is 11.4 Å². The summed E-state index contributed by atoms with van der Waals surface area (Å²) < 4.78 is 0. The number of carbonyl (C=O) groups excluding carboxylic acids is 1. The van der Waals surface area contributed by atoms with Crippen LogP contribution in [-0.2, 0) is 0 Å². The standard InChI is InChI=1S/C23H21N5O4/c1-13(2)21(29)14-8-9-19(28(31)32)18(11-14)26-23(30)16-6-3-7-17-20(16)27-22(25-17)15-5-4-10-24-12-15/h3-13,21,29H,1-2H3,(H,25,27)(H,26,30). The molecule has 0 aliphatic carbocycles. The number of nitro benzene ring substituents is 1. The zero-order valence-electron chi connectivity index (χ0n) is 17.4. The number of nitrogens with zero attached hydrogens (tertiary/aromatic N) is 3. The third kappa shape index (κ3) is 4.06. The first-order chi connectivity index (χ1) is 15.3. The summed E-state index contributed by atoms with van der Waals surface area (Å²) in [5.41, 5.74) is 2.34. The number of aliphatic hydroxyl groups excluding tert-OH is 1. The maximum atomic E-state index is 13.1. The number of anilines is 1. The minimum absolute atomic E-state index is 0.0113. The third-order valence-corrected chi connectivity index (χ3v) is 5.13. The molecule has 162 valence electrons. The topological polar surface area (TPSA) is 134 Å². The molecule has 32 heavy (non-hydrogen) atoms. The maximum Gasteiger partial charge on any atom is 0.292 e. The van der Waals surface area contributed by atoms with Gasteiger partial charge in [-0.1, -0.05) is 19.9 Å². The molecule has 0 radical (unpaired) electrons. The molecule has 0 saturated heterocycles. The second-order valence-electron chi connectivity index (χ2n) is 7.71. The van der Waals surface area contributed by atoms with Crippen LogP contribution in [0.2, 0.25) is 0 Å². The molecule has 0 saturated carbocycles. The number of hydrogen-bond donors (Lipinski definition) is 3. The van der Waals surface area contributed by atoms with E-state index in [4.69, 9.17) is 0 Å². The van der Waals surface area contributed by atoms with Gasteiger partial charge in [-0.05, 0) is 47.9 Å². The Morgan fingerprint density at radius 3 is 2.69 bits per heavy atom. The number of fused-ring (bicyclic) bond motifs is 1. The zero-order chi connectivity index (χ0) is 22.8. The van der Waals surface area contributed by atoms with Gasteiger partial charge in [-0.15, -0.1) is 0 Å². The highest BCUT2D eigenvalue weighted by atomic mass is 16.6. The molecule has 4 rings (SSSR count). The number of imidazole rings is 1. The Kier molecular flexibility index (Phi) is 5.65. The molecule has 0 bridgehead atoms. The number of carbonyl (C=O) groups is 1. The quantitative estimate of drug-likeness (QED) is 0.304. The lowest BCUT2D eigenvalue weighted by atomic mass is 9.98. The Labute approximate surface area is 183 Å². The number of benzene rings is 2. The van der Waals surface area contributed by atoms with Crippen LogP contribution in [0.1, 0.15) is 35.9 Å². The molecule has 1 unspecified atom stereocenters. The highest BCUT2D eigenvalue weighted by Gasteiger charge is 2.22. The average molecular weight is 431 g/mol. The van der Waals surface area contributed by atoms with Crippen LogP contribution in [0.25, 0.3) is 22.4 Å². The zero-order valence-corrected chi connectivity index (χ0v) is 17.4. The first-order valence-corrected chi connectivity index (χ1v) is 10.0. The Morgan fingerprint density at radius 2 is 2.00 bits per heavy atom. The number of nitrogens with one attached hydrogen (secondary N) is 2. The van der Waals surface area contributed by atoms with Gasteiger partial charge in [0.15, 0.2) is 0 Å². The van der Waals surface area contributed by atoms with Crippen LogP contribution in [0.5, 0.6) is 0 Å². The number of amides is 1. The minimum Gasteiger partial charge on any atom is -0.388 e. The van der Waals surface area contributed by atoms with Crippen molar-refractivity contribution in [2.24, 2.45) is 5.92 Å². The van der Waals surface area contributed by atoms with E-state index in [0.717, 1.165) is 5.56 Å². The molecule has 1 amide bonds. The van der Waals surface area contributed by atoms with Gasteiger partial charge in [0.05, 0.1) is 22.1 Å². The summed E-state index contributed by atoms with van der Waals surface area (Å²) in [6.45, 7) is 3.67. The van der Waals surface area contributed by atoms with Crippen molar-refractivity contribution in [2.75, 3.05) is 5.32 Å². The van der Waals surface area contributed by atoms with Crippen molar-refractivity contribution < 1.29 is 14.8 Å². The molecule has 0 fully saturated rings. The van der Waals surface area contributed by atoms with Crippen molar-refractivity contribution in [2.45, 2.75) is 20.0 Å². The van der Waals surface area contributed by atoms with Gasteiger partial charge in [-0.25, -0.2) is 4.98 Å². The van der Waals surface area contributed by atoms with E-state index < -0.39 is 16.9 Å². The van der Waals surface area contributed by atoms with Gasteiger partial charge < -0.3 is 15.4 Å². The largest absolute Gasteiger partial charge is 0.388 e. The van der Waals surface area contributed by atoms with Gasteiger partial charge in [0.1, 0.15) is 17.0 Å². The molecule has 2 aromatic heterocycles. The average Bonchev–Trinajstić information content (AvgIpc) is 3.23. The summed E-state index contributed by atoms with van der Waals surface area (Å²) in [5.74, 6) is -0.0794. The van der Waals surface area contributed by atoms with Crippen molar-refractivity contribution >= 4 is 28.3 Å². The maximum absolute atomic E-state index is 13.1. The van der Waals surface area contributed by atoms with Crippen LogP contribution < -0.4 is 5.32 Å². The fraction of sp³-hybridized carbons (Fsp3) is 0.174. The fourth-order valence-electron chi connectivity index (χ4n) is 3.43. The Bertz CT molecular complexity index is 1300. The van der Waals surface area contributed by atoms with Crippen LogP contribution in [0.3, 0.4) is 0 Å². The molecule has 2 heterocycles. The van der Waals surface area contributed by atoms with Crippen LogP contribution >= 0.6 is 0 Å². The number of hydrogen-bond acceptors (Lipinski definition) is 6. The number of pyridine rings is 1. The molecule has 4 aromatic rings. The number of H-pyrrole nitrogens is 1. The summed E-state index contributed by atoms with van der Waals surface area (Å²) >= 11 is 0. The molecule has 1 atom stereocenters. The fourth-order valence-corrected chi connectivity index (χ4v) is 3.43. The van der Waals surface area contributed by atoms with Crippen molar-refractivity contribution in [3.63, 3.8) is 0 Å². The van der Waals surface area contributed by atoms with E-state index in [-0.39, 0.29) is 22.9 Å². The van der Waals surface area contributed by atoms with Gasteiger partial charge in [0.25, 0.3) is 11.6 Å². The summed E-state index contributed by atoms with van der Waals surface area (Å²) in [5, 5.41) is 24.5. The Hall–Kier alpha value is -4.11. The van der Waals surface area contributed by atoms with E-state index >= 15 is 0 Å². The van der Waals surface area contributed by atoms with Gasteiger partial charge in [0.2, 0.25) is 0 Å². The molecule has 9 heteroatoms. The molecule has 0 spiro atoms. The van der Waals surface area contributed by atoms with E-state index in [1.807, 2.05) is 19.9 Å². The van der Waals surface area contributed by atoms with Gasteiger partial charge >= 0.3 is 0 Å². The summed E-state index contributed by atoms with van der Waals surface area (Å²) in [4.78, 5) is 35.8. The SMILES string of the molecule is CC(C)C(O)c1ccc([N+](=O)[O-])c(NC(=O)c2cccc3[nH]c(-c4cccnc4)nc23)c1. The second kappa shape index (κ2) is 8.56. The lowest BCUT2D eigenvalue weighted by molar-refractivity contribution is -0.383. The number of rotatable bonds is 6. The number of aromatic amines is 1. The minimum atomic E-state index is -0.816.